The van der Waals surface area contributed by atoms with Crippen LogP contribution in [0.2, 0.25) is 0 Å². The van der Waals surface area contributed by atoms with Crippen LogP contribution in [0.3, 0.4) is 0 Å². The third kappa shape index (κ3) is 4.23. The van der Waals surface area contributed by atoms with Crippen molar-refractivity contribution in [1.29, 1.82) is 0 Å². The van der Waals surface area contributed by atoms with Crippen LogP contribution in [0.1, 0.15) is 29.1 Å². The predicted octanol–water partition coefficient (Wildman–Crippen LogP) is 1.86. The van der Waals surface area contributed by atoms with Crippen molar-refractivity contribution in [2.24, 2.45) is 0 Å². The van der Waals surface area contributed by atoms with Crippen molar-refractivity contribution in [1.82, 2.24) is 20.2 Å². The van der Waals surface area contributed by atoms with E-state index in [9.17, 15) is 4.79 Å². The summed E-state index contributed by atoms with van der Waals surface area (Å²) in [5.41, 5.74) is 1.21. The predicted molar refractivity (Wildman–Crippen MR) is 107 cm³/mol. The Morgan fingerprint density at radius 1 is 1.30 bits per heavy atom. The number of rotatable bonds is 6. The number of thiophene rings is 1. The van der Waals surface area contributed by atoms with Gasteiger partial charge in [-0.1, -0.05) is 0 Å². The van der Waals surface area contributed by atoms with Crippen LogP contribution in [0.25, 0.3) is 10.2 Å². The fourth-order valence-electron chi connectivity index (χ4n) is 3.37. The molecule has 0 unspecified atom stereocenters. The maximum Gasteiger partial charge on any atom is 0.239 e. The highest BCUT2D eigenvalue weighted by atomic mass is 32.1. The molecule has 3 heterocycles. The second-order valence-electron chi connectivity index (χ2n) is 7.51. The second-order valence-corrected chi connectivity index (χ2v) is 8.72. The minimum absolute atomic E-state index is 0.0612. The van der Waals surface area contributed by atoms with Crippen molar-refractivity contribution in [3.05, 3.63) is 16.3 Å². The van der Waals surface area contributed by atoms with Crippen molar-refractivity contribution in [2.45, 2.75) is 39.3 Å². The van der Waals surface area contributed by atoms with Gasteiger partial charge in [-0.05, 0) is 32.3 Å². The van der Waals surface area contributed by atoms with Crippen LogP contribution in [0.15, 0.2) is 0 Å². The zero-order valence-corrected chi connectivity index (χ0v) is 17.1. The smallest absolute Gasteiger partial charge is 0.239 e. The number of nitrogens with one attached hydrogen (secondary N) is 1. The fraction of sp³-hybridized carbons (Fsp3) is 0.632. The van der Waals surface area contributed by atoms with Crippen molar-refractivity contribution in [3.8, 4) is 0 Å². The Hall–Kier alpha value is -1.77. The molecular formula is C19H27N5O2S. The van der Waals surface area contributed by atoms with E-state index in [2.05, 4.69) is 24.1 Å². The first-order valence-electron chi connectivity index (χ1n) is 9.58. The third-order valence-corrected chi connectivity index (χ3v) is 6.31. The fourth-order valence-corrected chi connectivity index (χ4v) is 4.41. The molecule has 1 N–H and O–H groups in total. The third-order valence-electron chi connectivity index (χ3n) is 5.21. The molecule has 2 aliphatic rings. The zero-order valence-electron chi connectivity index (χ0n) is 16.2. The first kappa shape index (κ1) is 18.6. The molecule has 2 aromatic rings. The quantitative estimate of drug-likeness (QED) is 0.813. The lowest BCUT2D eigenvalue weighted by atomic mass is 10.2. The highest BCUT2D eigenvalue weighted by Crippen LogP contribution is 2.34. The van der Waals surface area contributed by atoms with E-state index >= 15 is 0 Å². The van der Waals surface area contributed by atoms with Gasteiger partial charge in [-0.2, -0.15) is 0 Å². The monoisotopic (exact) mass is 389 g/mol. The minimum atomic E-state index is 0.0612. The van der Waals surface area contributed by atoms with Crippen LogP contribution in [-0.2, 0) is 16.1 Å². The Labute approximate surface area is 163 Å². The van der Waals surface area contributed by atoms with Gasteiger partial charge in [0.15, 0.2) is 0 Å². The maximum atomic E-state index is 12.3. The largest absolute Gasteiger partial charge is 0.379 e. The van der Waals surface area contributed by atoms with Crippen LogP contribution in [0.4, 0.5) is 5.82 Å². The number of ether oxygens (including phenoxy) is 1. The van der Waals surface area contributed by atoms with E-state index < -0.39 is 0 Å². The van der Waals surface area contributed by atoms with Gasteiger partial charge in [-0.3, -0.25) is 9.69 Å². The molecule has 1 saturated carbocycles. The lowest BCUT2D eigenvalue weighted by Crippen LogP contribution is -2.37. The van der Waals surface area contributed by atoms with Crippen LogP contribution < -0.4 is 10.2 Å². The summed E-state index contributed by atoms with van der Waals surface area (Å²) in [4.78, 5) is 28.5. The van der Waals surface area contributed by atoms with Crippen LogP contribution in [0.5, 0.6) is 0 Å². The van der Waals surface area contributed by atoms with Crippen molar-refractivity contribution >= 4 is 33.3 Å². The van der Waals surface area contributed by atoms with Crippen LogP contribution in [-0.4, -0.2) is 66.7 Å². The SMILES string of the molecule is Cc1sc2nc(CN3CCOCC3)nc(N(C)CC(=O)NC3CC3)c2c1C. The molecule has 0 aromatic carbocycles. The zero-order chi connectivity index (χ0) is 19.0. The molecule has 0 spiro atoms. The van der Waals surface area contributed by atoms with E-state index in [0.29, 0.717) is 19.1 Å². The number of carbonyl (C=O) groups is 1. The van der Waals surface area contributed by atoms with E-state index in [1.54, 1.807) is 11.3 Å². The number of morpholine rings is 1. The van der Waals surface area contributed by atoms with Gasteiger partial charge in [-0.25, -0.2) is 9.97 Å². The number of anilines is 1. The molecule has 1 aliphatic carbocycles. The normalized spacial score (nSPS) is 18.0. The molecule has 8 heteroatoms. The molecule has 146 valence electrons. The summed E-state index contributed by atoms with van der Waals surface area (Å²) in [6.07, 6.45) is 2.19. The summed E-state index contributed by atoms with van der Waals surface area (Å²) < 4.78 is 5.44. The molecule has 0 atom stereocenters. The van der Waals surface area contributed by atoms with E-state index in [0.717, 1.165) is 61.0 Å². The summed E-state index contributed by atoms with van der Waals surface area (Å²) in [7, 11) is 1.94. The van der Waals surface area contributed by atoms with Crippen molar-refractivity contribution in [3.63, 3.8) is 0 Å². The average Bonchev–Trinajstić information content (AvgIpc) is 3.40. The van der Waals surface area contributed by atoms with Gasteiger partial charge >= 0.3 is 0 Å². The molecule has 1 amide bonds. The van der Waals surface area contributed by atoms with Gasteiger partial charge in [-0.15, -0.1) is 11.3 Å². The molecule has 2 fully saturated rings. The minimum Gasteiger partial charge on any atom is -0.379 e. The number of fused-ring (bicyclic) bond motifs is 1. The van der Waals surface area contributed by atoms with Gasteiger partial charge in [0.05, 0.1) is 31.7 Å². The summed E-state index contributed by atoms with van der Waals surface area (Å²) in [6, 6.07) is 0.373. The number of hydrogen-bond acceptors (Lipinski definition) is 7. The van der Waals surface area contributed by atoms with Crippen LogP contribution in [0, 0.1) is 13.8 Å². The topological polar surface area (TPSA) is 70.6 Å². The number of carbonyl (C=O) groups excluding carboxylic acids is 1. The molecule has 1 aliphatic heterocycles. The van der Waals surface area contributed by atoms with Gasteiger partial charge in [0.1, 0.15) is 16.5 Å². The van der Waals surface area contributed by atoms with Gasteiger partial charge in [0, 0.05) is 31.1 Å². The van der Waals surface area contributed by atoms with E-state index in [4.69, 9.17) is 14.7 Å². The summed E-state index contributed by atoms with van der Waals surface area (Å²) in [6.45, 7) is 8.57. The van der Waals surface area contributed by atoms with Gasteiger partial charge in [0.25, 0.3) is 0 Å². The summed E-state index contributed by atoms with van der Waals surface area (Å²) in [5.74, 6) is 1.73. The molecule has 2 aromatic heterocycles. The van der Waals surface area contributed by atoms with E-state index in [1.165, 1.54) is 10.4 Å². The van der Waals surface area contributed by atoms with Crippen molar-refractivity contribution in [2.75, 3.05) is 44.8 Å². The molecular weight excluding hydrogens is 362 g/mol. The Bertz CT molecular complexity index is 842. The van der Waals surface area contributed by atoms with Crippen molar-refractivity contribution < 1.29 is 9.53 Å². The average molecular weight is 390 g/mol. The standard InChI is InChI=1S/C19H27N5O2S/c1-12-13(2)27-19-17(12)18(23(3)11-16(25)20-14-4-5-14)21-15(22-19)10-24-6-8-26-9-7-24/h14H,4-11H2,1-3H3,(H,20,25). The van der Waals surface area contributed by atoms with E-state index in [1.807, 2.05) is 11.9 Å². The molecule has 4 rings (SSSR count). The first-order chi connectivity index (χ1) is 13.0. The number of aromatic nitrogens is 2. The molecule has 0 bridgehead atoms. The number of amides is 1. The molecule has 1 saturated heterocycles. The lowest BCUT2D eigenvalue weighted by molar-refractivity contribution is -0.119. The first-order valence-corrected chi connectivity index (χ1v) is 10.4. The molecule has 0 radical (unpaired) electrons. The second kappa shape index (κ2) is 7.69. The summed E-state index contributed by atoms with van der Waals surface area (Å²) in [5, 5.41) is 4.13. The Kier molecular flexibility index (Phi) is 5.29. The number of hydrogen-bond donors (Lipinski definition) is 1. The Morgan fingerprint density at radius 2 is 2.04 bits per heavy atom. The number of likely N-dealkylation sites (N-methyl/N-ethyl adjacent to an activating group) is 1. The molecule has 7 nitrogen and oxygen atoms in total. The van der Waals surface area contributed by atoms with Crippen LogP contribution >= 0.6 is 11.3 Å². The molecule has 27 heavy (non-hydrogen) atoms. The highest BCUT2D eigenvalue weighted by Gasteiger charge is 2.25. The Morgan fingerprint density at radius 3 is 2.74 bits per heavy atom. The highest BCUT2D eigenvalue weighted by molar-refractivity contribution is 7.18. The van der Waals surface area contributed by atoms with Gasteiger partial charge < -0.3 is 15.0 Å². The number of aryl methyl sites for hydroxylation is 2. The maximum absolute atomic E-state index is 12.3. The lowest BCUT2D eigenvalue weighted by Gasteiger charge is -2.26. The van der Waals surface area contributed by atoms with Gasteiger partial charge in [0.2, 0.25) is 5.91 Å². The number of nitrogens with zero attached hydrogens (tertiary/aromatic N) is 4. The summed E-state index contributed by atoms with van der Waals surface area (Å²) >= 11 is 1.70. The van der Waals surface area contributed by atoms with E-state index in [-0.39, 0.29) is 5.91 Å². The Balaban J connectivity index is 1.62.